The Morgan fingerprint density at radius 2 is 1.79 bits per heavy atom. The molecule has 0 aliphatic rings. The first-order chi connectivity index (χ1) is 8.95. The fourth-order valence-electron chi connectivity index (χ4n) is 1.94. The van der Waals surface area contributed by atoms with Crippen LogP contribution < -0.4 is 0 Å². The van der Waals surface area contributed by atoms with Crippen LogP contribution in [0.3, 0.4) is 0 Å². The summed E-state index contributed by atoms with van der Waals surface area (Å²) >= 11 is 9.50. The molecule has 0 amide bonds. The van der Waals surface area contributed by atoms with E-state index in [0.717, 1.165) is 0 Å². The molecule has 0 saturated heterocycles. The molecular weight excluding hydrogens is 356 g/mol. The molecule has 1 unspecified atom stereocenters. The van der Waals surface area contributed by atoms with Crippen LogP contribution in [0.4, 0.5) is 0 Å². The van der Waals surface area contributed by atoms with E-state index in [1.165, 1.54) is 24.0 Å². The SMILES string of the molecule is CC(C)(C)c1ccc(C(Br)c2cc3sccc3s2)s1. The average Bonchev–Trinajstić information content (AvgIpc) is 3.01. The molecule has 0 nitrogen and oxygen atoms in total. The number of halogens is 1. The van der Waals surface area contributed by atoms with E-state index in [1.807, 2.05) is 34.0 Å². The molecule has 0 aliphatic heterocycles. The molecule has 100 valence electrons. The van der Waals surface area contributed by atoms with E-state index >= 15 is 0 Å². The third kappa shape index (κ3) is 2.68. The molecule has 4 heteroatoms. The van der Waals surface area contributed by atoms with Crippen LogP contribution in [0.25, 0.3) is 9.40 Å². The summed E-state index contributed by atoms with van der Waals surface area (Å²) in [7, 11) is 0. The molecule has 0 N–H and O–H groups in total. The zero-order valence-corrected chi connectivity index (χ0v) is 15.1. The maximum Gasteiger partial charge on any atom is 0.0831 e. The highest BCUT2D eigenvalue weighted by Crippen LogP contribution is 2.43. The second-order valence-electron chi connectivity index (χ2n) is 5.61. The van der Waals surface area contributed by atoms with Gasteiger partial charge in [0.2, 0.25) is 0 Å². The summed E-state index contributed by atoms with van der Waals surface area (Å²) in [6, 6.07) is 9.06. The molecule has 0 radical (unpaired) electrons. The van der Waals surface area contributed by atoms with Crippen molar-refractivity contribution < 1.29 is 0 Å². The van der Waals surface area contributed by atoms with Crippen LogP contribution in [0, 0.1) is 0 Å². The molecule has 3 aromatic rings. The maximum atomic E-state index is 3.86. The lowest BCUT2D eigenvalue weighted by molar-refractivity contribution is 0.604. The molecule has 0 aliphatic carbocycles. The fourth-order valence-corrected chi connectivity index (χ4v) is 6.04. The van der Waals surface area contributed by atoms with Crippen LogP contribution in [0.15, 0.2) is 29.6 Å². The molecule has 0 saturated carbocycles. The lowest BCUT2D eigenvalue weighted by atomic mass is 9.95. The van der Waals surface area contributed by atoms with E-state index in [9.17, 15) is 0 Å². The summed E-state index contributed by atoms with van der Waals surface area (Å²) in [5.41, 5.74) is 0.242. The van der Waals surface area contributed by atoms with Gasteiger partial charge in [0.25, 0.3) is 0 Å². The summed E-state index contributed by atoms with van der Waals surface area (Å²) in [5.74, 6) is 0. The van der Waals surface area contributed by atoms with E-state index in [2.05, 4.69) is 66.3 Å². The van der Waals surface area contributed by atoms with Crippen LogP contribution in [-0.2, 0) is 5.41 Å². The normalized spacial score (nSPS) is 14.1. The summed E-state index contributed by atoms with van der Waals surface area (Å²) in [6.45, 7) is 6.81. The Balaban J connectivity index is 1.93. The zero-order valence-electron chi connectivity index (χ0n) is 11.1. The maximum absolute atomic E-state index is 3.86. The van der Waals surface area contributed by atoms with Crippen LogP contribution in [0.1, 0.15) is 40.2 Å². The van der Waals surface area contributed by atoms with Crippen molar-refractivity contribution in [3.8, 4) is 0 Å². The Hall–Kier alpha value is -0.160. The molecule has 0 aromatic carbocycles. The average molecular weight is 371 g/mol. The molecule has 3 heterocycles. The topological polar surface area (TPSA) is 0 Å². The van der Waals surface area contributed by atoms with Crippen LogP contribution in [-0.4, -0.2) is 0 Å². The van der Waals surface area contributed by atoms with E-state index in [-0.39, 0.29) is 5.41 Å². The van der Waals surface area contributed by atoms with Crippen LogP contribution in [0.5, 0.6) is 0 Å². The van der Waals surface area contributed by atoms with Crippen LogP contribution >= 0.6 is 49.9 Å². The summed E-state index contributed by atoms with van der Waals surface area (Å²) in [6.07, 6.45) is 0. The molecule has 0 fully saturated rings. The van der Waals surface area contributed by atoms with Gasteiger partial charge in [0.05, 0.1) is 4.83 Å². The first kappa shape index (κ1) is 13.8. The first-order valence-electron chi connectivity index (χ1n) is 6.16. The standard InChI is InChI=1S/C15H15BrS3/c1-15(2,3)13-5-4-10(19-13)14(16)12-8-11-9(18-12)6-7-17-11/h4-8,14H,1-3H3. The number of hydrogen-bond acceptors (Lipinski definition) is 3. The summed E-state index contributed by atoms with van der Waals surface area (Å²) < 4.78 is 2.80. The molecule has 3 rings (SSSR count). The predicted octanol–water partition coefficient (Wildman–Crippen LogP) is 6.81. The Morgan fingerprint density at radius 1 is 1.00 bits per heavy atom. The van der Waals surface area contributed by atoms with Gasteiger partial charge in [-0.3, -0.25) is 0 Å². The third-order valence-electron chi connectivity index (χ3n) is 3.02. The Morgan fingerprint density at radius 3 is 2.42 bits per heavy atom. The molecule has 1 atom stereocenters. The number of hydrogen-bond donors (Lipinski definition) is 0. The smallest absolute Gasteiger partial charge is 0.0831 e. The van der Waals surface area contributed by atoms with Gasteiger partial charge in [-0.25, -0.2) is 0 Å². The number of thiophene rings is 3. The van der Waals surface area contributed by atoms with Gasteiger partial charge < -0.3 is 0 Å². The second-order valence-corrected chi connectivity index (χ2v) is 9.71. The highest BCUT2D eigenvalue weighted by Gasteiger charge is 2.20. The minimum absolute atomic E-state index is 0.242. The van der Waals surface area contributed by atoms with Gasteiger partial charge in [-0.1, -0.05) is 36.7 Å². The van der Waals surface area contributed by atoms with Gasteiger partial charge in [-0.15, -0.1) is 34.0 Å². The Kier molecular flexibility index (Phi) is 3.63. The van der Waals surface area contributed by atoms with Crippen molar-refractivity contribution in [2.45, 2.75) is 31.0 Å². The minimum Gasteiger partial charge on any atom is -0.143 e. The number of alkyl halides is 1. The lowest BCUT2D eigenvalue weighted by Crippen LogP contribution is -2.07. The van der Waals surface area contributed by atoms with Crippen molar-refractivity contribution in [3.63, 3.8) is 0 Å². The summed E-state index contributed by atoms with van der Waals surface area (Å²) in [4.78, 5) is 4.59. The fraction of sp³-hybridized carbons (Fsp3) is 0.333. The van der Waals surface area contributed by atoms with Crippen molar-refractivity contribution >= 4 is 59.3 Å². The zero-order chi connectivity index (χ0) is 13.6. The van der Waals surface area contributed by atoms with Gasteiger partial charge in [-0.2, -0.15) is 0 Å². The predicted molar refractivity (Wildman–Crippen MR) is 93.5 cm³/mol. The monoisotopic (exact) mass is 370 g/mol. The van der Waals surface area contributed by atoms with Crippen molar-refractivity contribution in [3.05, 3.63) is 44.3 Å². The molecular formula is C15H15BrS3. The molecule has 0 spiro atoms. The van der Waals surface area contributed by atoms with Gasteiger partial charge in [0.1, 0.15) is 0 Å². The first-order valence-corrected chi connectivity index (χ1v) is 9.59. The van der Waals surface area contributed by atoms with Crippen molar-refractivity contribution in [2.75, 3.05) is 0 Å². The van der Waals surface area contributed by atoms with Gasteiger partial charge in [0.15, 0.2) is 0 Å². The third-order valence-corrected chi connectivity index (χ3v) is 8.35. The van der Waals surface area contributed by atoms with Crippen molar-refractivity contribution in [2.24, 2.45) is 0 Å². The van der Waals surface area contributed by atoms with Crippen LogP contribution in [0.2, 0.25) is 0 Å². The van der Waals surface area contributed by atoms with E-state index < -0.39 is 0 Å². The highest BCUT2D eigenvalue weighted by molar-refractivity contribution is 9.09. The summed E-state index contributed by atoms with van der Waals surface area (Å²) in [5, 5.41) is 2.16. The largest absolute Gasteiger partial charge is 0.143 e. The second kappa shape index (κ2) is 4.99. The number of rotatable bonds is 2. The van der Waals surface area contributed by atoms with E-state index in [0.29, 0.717) is 4.83 Å². The molecule has 0 bridgehead atoms. The molecule has 19 heavy (non-hydrogen) atoms. The van der Waals surface area contributed by atoms with Crippen molar-refractivity contribution in [1.82, 2.24) is 0 Å². The molecule has 3 aromatic heterocycles. The highest BCUT2D eigenvalue weighted by atomic mass is 79.9. The minimum atomic E-state index is 0.242. The number of fused-ring (bicyclic) bond motifs is 1. The quantitative estimate of drug-likeness (QED) is 0.434. The Bertz CT molecular complexity index is 668. The van der Waals surface area contributed by atoms with Gasteiger partial charge >= 0.3 is 0 Å². The lowest BCUT2D eigenvalue weighted by Gasteiger charge is -2.15. The Labute approximate surface area is 134 Å². The van der Waals surface area contributed by atoms with E-state index in [1.54, 1.807) is 0 Å². The van der Waals surface area contributed by atoms with Gasteiger partial charge in [-0.05, 0) is 35.1 Å². The van der Waals surface area contributed by atoms with E-state index in [4.69, 9.17) is 0 Å². The van der Waals surface area contributed by atoms with Gasteiger partial charge in [0, 0.05) is 24.0 Å². The van der Waals surface area contributed by atoms with Crippen molar-refractivity contribution in [1.29, 1.82) is 0 Å².